The van der Waals surface area contributed by atoms with Crippen LogP contribution in [0.25, 0.3) is 11.0 Å². The Hall–Kier alpha value is -2.08. The molecule has 6 heteroatoms. The zero-order valence-electron chi connectivity index (χ0n) is 10.2. The number of aromatic hydroxyl groups is 1. The van der Waals surface area contributed by atoms with Crippen LogP contribution in [0.4, 0.5) is 0 Å². The van der Waals surface area contributed by atoms with Gasteiger partial charge in [-0.2, -0.15) is 0 Å². The van der Waals surface area contributed by atoms with Crippen LogP contribution < -0.4 is 0 Å². The van der Waals surface area contributed by atoms with Crippen molar-refractivity contribution >= 4 is 17.0 Å². The number of rotatable bonds is 4. The number of phenolic OH excluding ortho intramolecular Hbond substituents is 1. The van der Waals surface area contributed by atoms with Crippen LogP contribution in [0.1, 0.15) is 16.2 Å². The molecular weight excluding hydrogens is 236 g/mol. The minimum Gasteiger partial charge on any atom is -0.506 e. The minimum atomic E-state index is -1.09. The van der Waals surface area contributed by atoms with Gasteiger partial charge < -0.3 is 19.5 Å². The zero-order chi connectivity index (χ0) is 13.3. The number of carbonyl (C=O) groups is 1. The maximum Gasteiger partial charge on any atom is 0.335 e. The van der Waals surface area contributed by atoms with Crippen LogP contribution in [0.5, 0.6) is 5.75 Å². The van der Waals surface area contributed by atoms with Crippen molar-refractivity contribution in [3.63, 3.8) is 0 Å². The van der Waals surface area contributed by atoms with Crippen LogP contribution >= 0.6 is 0 Å². The molecule has 1 heterocycles. The fourth-order valence-electron chi connectivity index (χ4n) is 1.94. The van der Waals surface area contributed by atoms with Gasteiger partial charge in [0.2, 0.25) is 0 Å². The number of hydrogen-bond acceptors (Lipinski definition) is 4. The predicted molar refractivity (Wildman–Crippen MR) is 65.0 cm³/mol. The molecule has 1 aromatic heterocycles. The lowest BCUT2D eigenvalue weighted by Gasteiger charge is -2.07. The van der Waals surface area contributed by atoms with Crippen molar-refractivity contribution in [2.45, 2.75) is 13.5 Å². The fraction of sp³-hybridized carbons (Fsp3) is 0.333. The number of ether oxygens (including phenoxy) is 1. The van der Waals surface area contributed by atoms with Crippen molar-refractivity contribution in [2.75, 3.05) is 13.7 Å². The number of aryl methyl sites for hydroxylation is 1. The maximum atomic E-state index is 10.9. The van der Waals surface area contributed by atoms with E-state index in [1.54, 1.807) is 18.6 Å². The molecule has 0 spiro atoms. The van der Waals surface area contributed by atoms with Gasteiger partial charge >= 0.3 is 5.97 Å². The Morgan fingerprint density at radius 3 is 2.83 bits per heavy atom. The molecule has 0 atom stereocenters. The molecule has 96 valence electrons. The average molecular weight is 250 g/mol. The Bertz CT molecular complexity index is 604. The molecule has 1 aromatic carbocycles. The highest BCUT2D eigenvalue weighted by Crippen LogP contribution is 2.27. The predicted octanol–water partition coefficient (Wildman–Crippen LogP) is 1.39. The van der Waals surface area contributed by atoms with Gasteiger partial charge in [-0.15, -0.1) is 0 Å². The number of aromatic nitrogens is 2. The molecule has 0 aliphatic rings. The number of nitrogens with zero attached hydrogens (tertiary/aromatic N) is 2. The third kappa shape index (κ3) is 2.02. The lowest BCUT2D eigenvalue weighted by molar-refractivity contribution is 0.0696. The van der Waals surface area contributed by atoms with Gasteiger partial charge in [-0.05, 0) is 19.1 Å². The highest BCUT2D eigenvalue weighted by atomic mass is 16.5. The van der Waals surface area contributed by atoms with Gasteiger partial charge in [-0.3, -0.25) is 0 Å². The third-order valence-corrected chi connectivity index (χ3v) is 2.78. The number of carboxylic acid groups (broad SMARTS) is 1. The highest BCUT2D eigenvalue weighted by Gasteiger charge is 2.15. The molecule has 0 aliphatic carbocycles. The monoisotopic (exact) mass is 250 g/mol. The number of carboxylic acids is 1. The molecule has 18 heavy (non-hydrogen) atoms. The number of phenols is 1. The zero-order valence-corrected chi connectivity index (χ0v) is 10.2. The third-order valence-electron chi connectivity index (χ3n) is 2.78. The summed E-state index contributed by atoms with van der Waals surface area (Å²) in [6.45, 7) is 2.85. The molecule has 0 saturated carbocycles. The topological polar surface area (TPSA) is 84.6 Å². The number of benzene rings is 1. The van der Waals surface area contributed by atoms with Crippen molar-refractivity contribution in [2.24, 2.45) is 0 Å². The SMILES string of the molecule is COCCn1c(C)nc2cc(C(=O)O)cc(O)c21. The molecule has 2 aromatic rings. The van der Waals surface area contributed by atoms with Crippen molar-refractivity contribution in [1.82, 2.24) is 9.55 Å². The van der Waals surface area contributed by atoms with E-state index in [1.165, 1.54) is 12.1 Å². The van der Waals surface area contributed by atoms with E-state index in [0.717, 1.165) is 0 Å². The summed E-state index contributed by atoms with van der Waals surface area (Å²) in [5.41, 5.74) is 1.03. The molecule has 0 radical (unpaired) electrons. The van der Waals surface area contributed by atoms with Gasteiger partial charge in [0, 0.05) is 13.7 Å². The summed E-state index contributed by atoms with van der Waals surface area (Å²) >= 11 is 0. The molecule has 0 unspecified atom stereocenters. The van der Waals surface area contributed by atoms with E-state index >= 15 is 0 Å². The maximum absolute atomic E-state index is 10.9. The first-order valence-corrected chi connectivity index (χ1v) is 5.46. The first-order valence-electron chi connectivity index (χ1n) is 5.46. The smallest absolute Gasteiger partial charge is 0.335 e. The molecule has 0 amide bonds. The molecule has 0 aliphatic heterocycles. The van der Waals surface area contributed by atoms with Gasteiger partial charge in [-0.25, -0.2) is 9.78 Å². The van der Waals surface area contributed by atoms with Crippen LogP contribution in [0, 0.1) is 6.92 Å². The first kappa shape index (κ1) is 12.4. The van der Waals surface area contributed by atoms with Gasteiger partial charge in [0.1, 0.15) is 17.1 Å². The summed E-state index contributed by atoms with van der Waals surface area (Å²) < 4.78 is 6.80. The molecular formula is C12H14N2O4. The Kier molecular flexibility index (Phi) is 3.20. The van der Waals surface area contributed by atoms with Crippen molar-refractivity contribution in [3.8, 4) is 5.75 Å². The lowest BCUT2D eigenvalue weighted by Crippen LogP contribution is -2.06. The van der Waals surface area contributed by atoms with Crippen molar-refractivity contribution < 1.29 is 19.7 Å². The molecule has 6 nitrogen and oxygen atoms in total. The number of fused-ring (bicyclic) bond motifs is 1. The second kappa shape index (κ2) is 4.66. The van der Waals surface area contributed by atoms with E-state index in [9.17, 15) is 9.90 Å². The first-order chi connectivity index (χ1) is 8.54. The standard InChI is InChI=1S/C12H14N2O4/c1-7-13-9-5-8(12(16)17)6-10(15)11(9)14(7)3-4-18-2/h5-6,15H,3-4H2,1-2H3,(H,16,17). The molecule has 0 bridgehead atoms. The summed E-state index contributed by atoms with van der Waals surface area (Å²) in [7, 11) is 1.59. The van der Waals surface area contributed by atoms with E-state index in [4.69, 9.17) is 9.84 Å². The van der Waals surface area contributed by atoms with E-state index in [-0.39, 0.29) is 11.3 Å². The van der Waals surface area contributed by atoms with E-state index < -0.39 is 5.97 Å². The minimum absolute atomic E-state index is 0.0244. The van der Waals surface area contributed by atoms with E-state index in [1.807, 2.05) is 0 Å². The molecule has 2 rings (SSSR count). The fourth-order valence-corrected chi connectivity index (χ4v) is 1.94. The summed E-state index contributed by atoms with van der Waals surface area (Å²) in [4.78, 5) is 15.1. The average Bonchev–Trinajstić information content (AvgIpc) is 2.62. The lowest BCUT2D eigenvalue weighted by atomic mass is 10.2. The van der Waals surface area contributed by atoms with Gasteiger partial charge in [0.15, 0.2) is 0 Å². The molecule has 2 N–H and O–H groups in total. The molecule has 0 saturated heterocycles. The second-order valence-corrected chi connectivity index (χ2v) is 3.97. The molecule has 0 fully saturated rings. The van der Waals surface area contributed by atoms with Crippen LogP contribution in [-0.2, 0) is 11.3 Å². The van der Waals surface area contributed by atoms with E-state index in [2.05, 4.69) is 4.98 Å². The number of methoxy groups -OCH3 is 1. The number of hydrogen-bond donors (Lipinski definition) is 2. The van der Waals surface area contributed by atoms with Crippen molar-refractivity contribution in [1.29, 1.82) is 0 Å². The summed E-state index contributed by atoms with van der Waals surface area (Å²) in [6.07, 6.45) is 0. The highest BCUT2D eigenvalue weighted by molar-refractivity contribution is 5.95. The summed E-state index contributed by atoms with van der Waals surface area (Å²) in [5.74, 6) is -0.460. The summed E-state index contributed by atoms with van der Waals surface area (Å²) in [6, 6.07) is 2.68. The quantitative estimate of drug-likeness (QED) is 0.856. The van der Waals surface area contributed by atoms with Crippen LogP contribution in [0.3, 0.4) is 0 Å². The van der Waals surface area contributed by atoms with Crippen LogP contribution in [0.2, 0.25) is 0 Å². The van der Waals surface area contributed by atoms with E-state index in [0.29, 0.717) is 30.0 Å². The Labute approximate surface area is 103 Å². The van der Waals surface area contributed by atoms with Crippen LogP contribution in [0.15, 0.2) is 12.1 Å². The van der Waals surface area contributed by atoms with Crippen molar-refractivity contribution in [3.05, 3.63) is 23.5 Å². The summed E-state index contributed by atoms with van der Waals surface area (Å²) in [5, 5.41) is 18.9. The van der Waals surface area contributed by atoms with Gasteiger partial charge in [-0.1, -0.05) is 0 Å². The Balaban J connectivity index is 2.60. The Morgan fingerprint density at radius 2 is 2.22 bits per heavy atom. The second-order valence-electron chi connectivity index (χ2n) is 3.97. The largest absolute Gasteiger partial charge is 0.506 e. The number of aromatic carboxylic acids is 1. The Morgan fingerprint density at radius 1 is 1.50 bits per heavy atom. The van der Waals surface area contributed by atoms with Crippen LogP contribution in [-0.4, -0.2) is 39.5 Å². The van der Waals surface area contributed by atoms with Gasteiger partial charge in [0.05, 0.1) is 17.7 Å². The number of imidazole rings is 1. The van der Waals surface area contributed by atoms with Gasteiger partial charge in [0.25, 0.3) is 0 Å². The normalized spacial score (nSPS) is 11.0.